The first kappa shape index (κ1) is 18.1. The average Bonchev–Trinajstić information content (AvgIpc) is 3.11. The number of nitrogens with one attached hydrogen (secondary N) is 1. The van der Waals surface area contributed by atoms with Gasteiger partial charge in [0.25, 0.3) is 0 Å². The second kappa shape index (κ2) is 7.67. The van der Waals surface area contributed by atoms with Gasteiger partial charge in [0.2, 0.25) is 21.7 Å². The predicted octanol–water partition coefficient (Wildman–Crippen LogP) is 2.67. The van der Waals surface area contributed by atoms with Crippen molar-refractivity contribution in [2.45, 2.75) is 19.2 Å². The van der Waals surface area contributed by atoms with E-state index in [1.165, 1.54) is 0 Å². The number of aromatic nitrogens is 2. The van der Waals surface area contributed by atoms with Crippen molar-refractivity contribution in [2.75, 3.05) is 7.11 Å². The summed E-state index contributed by atoms with van der Waals surface area (Å²) in [6.45, 7) is 1.80. The lowest BCUT2D eigenvalue weighted by atomic mass is 10.1. The minimum absolute atomic E-state index is 0.0731. The molecule has 0 radical (unpaired) electrons. The zero-order valence-electron chi connectivity index (χ0n) is 14.5. The summed E-state index contributed by atoms with van der Waals surface area (Å²) < 4.78 is 37.5. The highest BCUT2D eigenvalue weighted by molar-refractivity contribution is 7.88. The van der Waals surface area contributed by atoms with E-state index >= 15 is 0 Å². The fourth-order valence-electron chi connectivity index (χ4n) is 2.46. The minimum Gasteiger partial charge on any atom is -0.496 e. The van der Waals surface area contributed by atoms with E-state index < -0.39 is 10.0 Å². The van der Waals surface area contributed by atoms with Gasteiger partial charge in [-0.3, -0.25) is 0 Å². The second-order valence-corrected chi connectivity index (χ2v) is 7.53. The molecule has 0 aliphatic rings. The van der Waals surface area contributed by atoms with Crippen LogP contribution in [-0.2, 0) is 22.3 Å². The van der Waals surface area contributed by atoms with E-state index in [4.69, 9.17) is 9.26 Å². The highest BCUT2D eigenvalue weighted by Gasteiger charge is 2.17. The summed E-state index contributed by atoms with van der Waals surface area (Å²) >= 11 is 0. The molecule has 0 unspecified atom stereocenters. The van der Waals surface area contributed by atoms with Crippen LogP contribution in [-0.4, -0.2) is 25.7 Å². The molecular formula is C18H19N3O4S. The predicted molar refractivity (Wildman–Crippen MR) is 96.9 cm³/mol. The van der Waals surface area contributed by atoms with Crippen molar-refractivity contribution in [1.82, 2.24) is 14.9 Å². The topological polar surface area (TPSA) is 94.3 Å². The van der Waals surface area contributed by atoms with Crippen molar-refractivity contribution in [3.8, 4) is 17.1 Å². The van der Waals surface area contributed by atoms with Crippen LogP contribution in [0.2, 0.25) is 0 Å². The molecule has 0 bridgehead atoms. The Balaban J connectivity index is 1.69. The van der Waals surface area contributed by atoms with Crippen molar-refractivity contribution in [1.29, 1.82) is 0 Å². The minimum atomic E-state index is -3.53. The van der Waals surface area contributed by atoms with Gasteiger partial charge in [-0.2, -0.15) is 4.98 Å². The van der Waals surface area contributed by atoms with Gasteiger partial charge in [0.15, 0.2) is 0 Å². The van der Waals surface area contributed by atoms with Crippen molar-refractivity contribution in [3.05, 3.63) is 65.5 Å². The number of hydrogen-bond acceptors (Lipinski definition) is 6. The van der Waals surface area contributed by atoms with Gasteiger partial charge in [0.1, 0.15) is 5.75 Å². The first-order chi connectivity index (χ1) is 12.5. The van der Waals surface area contributed by atoms with E-state index in [2.05, 4.69) is 14.9 Å². The highest BCUT2D eigenvalue weighted by Crippen LogP contribution is 2.27. The van der Waals surface area contributed by atoms with Gasteiger partial charge in [-0.05, 0) is 30.2 Å². The molecule has 1 N–H and O–H groups in total. The van der Waals surface area contributed by atoms with Gasteiger partial charge in [-0.15, -0.1) is 0 Å². The van der Waals surface area contributed by atoms with E-state index in [1.54, 1.807) is 25.3 Å². The second-order valence-electron chi connectivity index (χ2n) is 5.72. The van der Waals surface area contributed by atoms with E-state index in [9.17, 15) is 8.42 Å². The van der Waals surface area contributed by atoms with Crippen molar-refractivity contribution in [3.63, 3.8) is 0 Å². The number of aryl methyl sites for hydroxylation is 1. The molecule has 0 amide bonds. The van der Waals surface area contributed by atoms with Gasteiger partial charge in [-0.1, -0.05) is 41.6 Å². The quantitative estimate of drug-likeness (QED) is 0.684. The lowest BCUT2D eigenvalue weighted by Crippen LogP contribution is -2.25. The maximum Gasteiger partial charge on any atom is 0.242 e. The van der Waals surface area contributed by atoms with Crippen molar-refractivity contribution < 1.29 is 17.7 Å². The van der Waals surface area contributed by atoms with Crippen LogP contribution in [0, 0.1) is 6.92 Å². The summed E-state index contributed by atoms with van der Waals surface area (Å²) in [7, 11) is -1.97. The molecule has 8 heteroatoms. The zero-order valence-corrected chi connectivity index (χ0v) is 15.3. The molecule has 26 heavy (non-hydrogen) atoms. The van der Waals surface area contributed by atoms with Gasteiger partial charge in [0, 0.05) is 0 Å². The number of hydrogen-bond donors (Lipinski definition) is 1. The number of benzene rings is 2. The number of para-hydroxylation sites is 1. The Labute approximate surface area is 152 Å². The van der Waals surface area contributed by atoms with E-state index in [-0.39, 0.29) is 18.2 Å². The number of methoxy groups -OCH3 is 1. The Hall–Kier alpha value is -2.71. The standard InChI is InChI=1S/C18H19N3O4S/c1-13-7-3-4-8-14(13)12-26(22,23)19-11-17-20-18(21-25-17)15-9-5-6-10-16(15)24-2/h3-10,19H,11-12H2,1-2H3. The molecule has 0 aliphatic carbocycles. The van der Waals surface area contributed by atoms with Crippen LogP contribution >= 0.6 is 0 Å². The van der Waals surface area contributed by atoms with Crippen LogP contribution in [0.15, 0.2) is 53.1 Å². The van der Waals surface area contributed by atoms with Gasteiger partial charge >= 0.3 is 0 Å². The number of nitrogens with zero attached hydrogens (tertiary/aromatic N) is 2. The molecule has 3 rings (SSSR count). The lowest BCUT2D eigenvalue weighted by Gasteiger charge is -2.07. The number of ether oxygens (including phenoxy) is 1. The Morgan fingerprint density at radius 3 is 2.62 bits per heavy atom. The maximum atomic E-state index is 12.3. The average molecular weight is 373 g/mol. The lowest BCUT2D eigenvalue weighted by molar-refractivity contribution is 0.375. The molecule has 0 fully saturated rings. The fourth-order valence-corrected chi connectivity index (χ4v) is 3.64. The summed E-state index contributed by atoms with van der Waals surface area (Å²) in [4.78, 5) is 4.23. The Morgan fingerprint density at radius 2 is 1.85 bits per heavy atom. The summed E-state index contributed by atoms with van der Waals surface area (Å²) in [6.07, 6.45) is 0. The van der Waals surface area contributed by atoms with Crippen molar-refractivity contribution >= 4 is 10.0 Å². The molecule has 0 atom stereocenters. The van der Waals surface area contributed by atoms with E-state index in [0.29, 0.717) is 17.1 Å². The Bertz CT molecular complexity index is 999. The molecule has 136 valence electrons. The highest BCUT2D eigenvalue weighted by atomic mass is 32.2. The molecule has 0 saturated carbocycles. The third kappa shape index (κ3) is 4.27. The van der Waals surface area contributed by atoms with Crippen LogP contribution in [0.5, 0.6) is 5.75 Å². The molecule has 0 aliphatic heterocycles. The van der Waals surface area contributed by atoms with Crippen LogP contribution in [0.1, 0.15) is 17.0 Å². The monoisotopic (exact) mass is 373 g/mol. The molecule has 0 spiro atoms. The normalized spacial score (nSPS) is 11.5. The molecule has 1 heterocycles. The fraction of sp³-hybridized carbons (Fsp3) is 0.222. The Morgan fingerprint density at radius 1 is 1.12 bits per heavy atom. The maximum absolute atomic E-state index is 12.3. The molecular weight excluding hydrogens is 354 g/mol. The molecule has 7 nitrogen and oxygen atoms in total. The van der Waals surface area contributed by atoms with E-state index in [1.807, 2.05) is 37.3 Å². The number of rotatable bonds is 7. The first-order valence-corrected chi connectivity index (χ1v) is 9.61. The molecule has 3 aromatic rings. The SMILES string of the molecule is COc1ccccc1-c1noc(CNS(=O)(=O)Cc2ccccc2C)n1. The van der Waals surface area contributed by atoms with Gasteiger partial charge in [-0.25, -0.2) is 13.1 Å². The van der Waals surface area contributed by atoms with Crippen LogP contribution in [0.25, 0.3) is 11.4 Å². The molecule has 2 aromatic carbocycles. The number of sulfonamides is 1. The molecule has 0 saturated heterocycles. The summed E-state index contributed by atoms with van der Waals surface area (Å²) in [5.74, 6) is 1.03. The van der Waals surface area contributed by atoms with Crippen molar-refractivity contribution in [2.24, 2.45) is 0 Å². The van der Waals surface area contributed by atoms with Crippen LogP contribution in [0.4, 0.5) is 0 Å². The zero-order chi connectivity index (χ0) is 18.6. The summed E-state index contributed by atoms with van der Waals surface area (Å²) in [6, 6.07) is 14.6. The largest absolute Gasteiger partial charge is 0.496 e. The summed E-state index contributed by atoms with van der Waals surface area (Å²) in [5, 5.41) is 3.89. The Kier molecular flexibility index (Phi) is 5.34. The van der Waals surface area contributed by atoms with Crippen LogP contribution in [0.3, 0.4) is 0 Å². The smallest absolute Gasteiger partial charge is 0.242 e. The molecule has 1 aromatic heterocycles. The van der Waals surface area contributed by atoms with Crippen LogP contribution < -0.4 is 9.46 Å². The third-order valence-corrected chi connectivity index (χ3v) is 5.14. The summed E-state index contributed by atoms with van der Waals surface area (Å²) in [5.41, 5.74) is 2.35. The first-order valence-electron chi connectivity index (χ1n) is 7.96. The third-order valence-electron chi connectivity index (χ3n) is 3.87. The van der Waals surface area contributed by atoms with E-state index in [0.717, 1.165) is 11.1 Å². The van der Waals surface area contributed by atoms with Gasteiger partial charge < -0.3 is 9.26 Å². The van der Waals surface area contributed by atoms with Gasteiger partial charge in [0.05, 0.1) is 25.0 Å².